The summed E-state index contributed by atoms with van der Waals surface area (Å²) in [7, 11) is 0. The average molecular weight is 302 g/mol. The van der Waals surface area contributed by atoms with Crippen molar-refractivity contribution in [2.75, 3.05) is 5.32 Å². The summed E-state index contributed by atoms with van der Waals surface area (Å²) >= 11 is 6.00. The lowest BCUT2D eigenvalue weighted by molar-refractivity contribution is 0.793. The van der Waals surface area contributed by atoms with E-state index >= 15 is 0 Å². The minimum atomic E-state index is 0.283. The third-order valence-corrected chi connectivity index (χ3v) is 4.09. The molecule has 0 aliphatic carbocycles. The van der Waals surface area contributed by atoms with E-state index in [9.17, 15) is 0 Å². The second kappa shape index (κ2) is 7.51. The van der Waals surface area contributed by atoms with Crippen LogP contribution in [0.5, 0.6) is 0 Å². The minimum Gasteiger partial charge on any atom is -0.378 e. The van der Waals surface area contributed by atoms with Gasteiger partial charge >= 0.3 is 0 Å². The molecule has 1 atom stereocenters. The van der Waals surface area contributed by atoms with Gasteiger partial charge in [0.05, 0.1) is 0 Å². The van der Waals surface area contributed by atoms with E-state index in [2.05, 4.69) is 50.4 Å². The van der Waals surface area contributed by atoms with Crippen molar-refractivity contribution in [1.82, 2.24) is 0 Å². The van der Waals surface area contributed by atoms with Crippen LogP contribution in [0.1, 0.15) is 49.4 Å². The number of hydrogen-bond donors (Lipinski definition) is 1. The number of aryl methyl sites for hydroxylation is 2. The van der Waals surface area contributed by atoms with Crippen molar-refractivity contribution >= 4 is 17.3 Å². The third-order valence-electron chi connectivity index (χ3n) is 3.86. The molecule has 0 radical (unpaired) electrons. The first-order chi connectivity index (χ1) is 10.1. The molecule has 112 valence electrons. The standard InChI is InChI=1S/C19H24ClN/c1-4-5-6-16-7-9-17(10-8-16)15(3)21-19-12-11-18(20)13-14(19)2/h7-13,15,21H,4-6H2,1-3H3. The molecule has 0 aliphatic rings. The van der Waals surface area contributed by atoms with Crippen LogP contribution in [0.15, 0.2) is 42.5 Å². The van der Waals surface area contributed by atoms with Gasteiger partial charge in [-0.3, -0.25) is 0 Å². The zero-order valence-corrected chi connectivity index (χ0v) is 13.9. The molecule has 0 aromatic heterocycles. The summed E-state index contributed by atoms with van der Waals surface area (Å²) < 4.78 is 0. The van der Waals surface area contributed by atoms with Gasteiger partial charge in [0, 0.05) is 16.8 Å². The molecule has 0 saturated heterocycles. The molecular weight excluding hydrogens is 278 g/mol. The molecule has 0 spiro atoms. The van der Waals surface area contributed by atoms with Crippen LogP contribution in [0.4, 0.5) is 5.69 Å². The molecule has 21 heavy (non-hydrogen) atoms. The second-order valence-corrected chi connectivity index (χ2v) is 6.11. The van der Waals surface area contributed by atoms with E-state index in [1.54, 1.807) is 0 Å². The summed E-state index contributed by atoms with van der Waals surface area (Å²) in [5, 5.41) is 4.34. The molecule has 1 N–H and O–H groups in total. The summed E-state index contributed by atoms with van der Waals surface area (Å²) in [6, 6.07) is 15.2. The first kappa shape index (κ1) is 15.9. The largest absolute Gasteiger partial charge is 0.378 e. The van der Waals surface area contributed by atoms with Gasteiger partial charge in [0.15, 0.2) is 0 Å². The fourth-order valence-corrected chi connectivity index (χ4v) is 2.69. The van der Waals surface area contributed by atoms with Crippen molar-refractivity contribution in [3.63, 3.8) is 0 Å². The first-order valence-corrected chi connectivity index (χ1v) is 8.09. The van der Waals surface area contributed by atoms with Crippen LogP contribution in [0.2, 0.25) is 5.02 Å². The second-order valence-electron chi connectivity index (χ2n) is 5.67. The van der Waals surface area contributed by atoms with Crippen molar-refractivity contribution in [3.8, 4) is 0 Å². The highest BCUT2D eigenvalue weighted by Gasteiger charge is 2.07. The number of halogens is 1. The van der Waals surface area contributed by atoms with E-state index in [1.807, 2.05) is 18.2 Å². The topological polar surface area (TPSA) is 12.0 Å². The lowest BCUT2D eigenvalue weighted by Crippen LogP contribution is -2.07. The Morgan fingerprint density at radius 1 is 1.10 bits per heavy atom. The molecule has 0 fully saturated rings. The van der Waals surface area contributed by atoms with Gasteiger partial charge in [-0.15, -0.1) is 0 Å². The Balaban J connectivity index is 2.04. The van der Waals surface area contributed by atoms with E-state index in [0.29, 0.717) is 0 Å². The van der Waals surface area contributed by atoms with Crippen molar-refractivity contribution < 1.29 is 0 Å². The van der Waals surface area contributed by atoms with Crippen molar-refractivity contribution in [2.24, 2.45) is 0 Å². The van der Waals surface area contributed by atoms with Gasteiger partial charge in [-0.2, -0.15) is 0 Å². The fourth-order valence-electron chi connectivity index (χ4n) is 2.46. The van der Waals surface area contributed by atoms with Gasteiger partial charge in [-0.25, -0.2) is 0 Å². The summed E-state index contributed by atoms with van der Waals surface area (Å²) in [5.41, 5.74) is 5.05. The van der Waals surface area contributed by atoms with Crippen LogP contribution < -0.4 is 5.32 Å². The number of anilines is 1. The summed E-state index contributed by atoms with van der Waals surface area (Å²) in [6.45, 7) is 6.50. The van der Waals surface area contributed by atoms with E-state index < -0.39 is 0 Å². The highest BCUT2D eigenvalue weighted by atomic mass is 35.5. The highest BCUT2D eigenvalue weighted by molar-refractivity contribution is 6.30. The van der Waals surface area contributed by atoms with Crippen molar-refractivity contribution in [1.29, 1.82) is 0 Å². The number of unbranched alkanes of at least 4 members (excludes halogenated alkanes) is 1. The lowest BCUT2D eigenvalue weighted by atomic mass is 10.0. The number of rotatable bonds is 6. The monoisotopic (exact) mass is 301 g/mol. The number of nitrogens with one attached hydrogen (secondary N) is 1. The van der Waals surface area contributed by atoms with Crippen LogP contribution >= 0.6 is 11.6 Å². The van der Waals surface area contributed by atoms with Crippen molar-refractivity contribution in [3.05, 3.63) is 64.2 Å². The van der Waals surface area contributed by atoms with Gasteiger partial charge < -0.3 is 5.32 Å². The Bertz CT molecular complexity index is 575. The molecule has 0 heterocycles. The molecule has 1 nitrogen and oxygen atoms in total. The van der Waals surface area contributed by atoms with E-state index in [0.717, 1.165) is 10.7 Å². The van der Waals surface area contributed by atoms with Gasteiger partial charge in [-0.1, -0.05) is 49.2 Å². The lowest BCUT2D eigenvalue weighted by Gasteiger charge is -2.18. The van der Waals surface area contributed by atoms with Gasteiger partial charge in [0.2, 0.25) is 0 Å². The molecule has 0 amide bonds. The predicted octanol–water partition coefficient (Wildman–Crippen LogP) is 6.16. The normalized spacial score (nSPS) is 12.2. The van der Waals surface area contributed by atoms with Crippen molar-refractivity contribution in [2.45, 2.75) is 46.1 Å². The Labute approximate surface area is 133 Å². The van der Waals surface area contributed by atoms with Gasteiger partial charge in [0.25, 0.3) is 0 Å². The predicted molar refractivity (Wildman–Crippen MR) is 93.3 cm³/mol. The van der Waals surface area contributed by atoms with Crippen LogP contribution in [0.3, 0.4) is 0 Å². The Morgan fingerprint density at radius 3 is 2.43 bits per heavy atom. The SMILES string of the molecule is CCCCc1ccc(C(C)Nc2ccc(Cl)cc2C)cc1. The maximum absolute atomic E-state index is 6.00. The van der Waals surface area contributed by atoms with E-state index in [-0.39, 0.29) is 6.04 Å². The van der Waals surface area contributed by atoms with Crippen LogP contribution in [0, 0.1) is 6.92 Å². The molecule has 2 rings (SSSR count). The molecule has 2 aromatic carbocycles. The Hall–Kier alpha value is -1.47. The molecule has 2 heteroatoms. The molecular formula is C19H24ClN. The smallest absolute Gasteiger partial charge is 0.0485 e. The average Bonchev–Trinajstić information content (AvgIpc) is 2.48. The Morgan fingerprint density at radius 2 is 1.81 bits per heavy atom. The maximum Gasteiger partial charge on any atom is 0.0485 e. The first-order valence-electron chi connectivity index (χ1n) is 7.71. The fraction of sp³-hybridized carbons (Fsp3) is 0.368. The Kier molecular flexibility index (Phi) is 5.69. The molecule has 0 bridgehead atoms. The van der Waals surface area contributed by atoms with Gasteiger partial charge in [0.1, 0.15) is 0 Å². The van der Waals surface area contributed by atoms with Crippen LogP contribution in [0.25, 0.3) is 0 Å². The highest BCUT2D eigenvalue weighted by Crippen LogP contribution is 2.25. The zero-order chi connectivity index (χ0) is 15.2. The molecule has 0 saturated carbocycles. The number of benzene rings is 2. The maximum atomic E-state index is 6.00. The number of hydrogen-bond acceptors (Lipinski definition) is 1. The molecule has 0 aliphatic heterocycles. The molecule has 1 unspecified atom stereocenters. The van der Waals surface area contributed by atoms with Gasteiger partial charge in [-0.05, 0) is 61.6 Å². The van der Waals surface area contributed by atoms with Crippen LogP contribution in [-0.4, -0.2) is 0 Å². The summed E-state index contributed by atoms with van der Waals surface area (Å²) in [6.07, 6.45) is 3.68. The molecule has 2 aromatic rings. The summed E-state index contributed by atoms with van der Waals surface area (Å²) in [4.78, 5) is 0. The van der Waals surface area contributed by atoms with E-state index in [1.165, 1.54) is 36.0 Å². The van der Waals surface area contributed by atoms with E-state index in [4.69, 9.17) is 11.6 Å². The minimum absolute atomic E-state index is 0.283. The quantitative estimate of drug-likeness (QED) is 0.673. The third kappa shape index (κ3) is 4.50. The zero-order valence-electron chi connectivity index (χ0n) is 13.1. The summed E-state index contributed by atoms with van der Waals surface area (Å²) in [5.74, 6) is 0. The van der Waals surface area contributed by atoms with Crippen LogP contribution in [-0.2, 0) is 6.42 Å².